The number of amides is 1. The summed E-state index contributed by atoms with van der Waals surface area (Å²) in [4.78, 5) is 42.2. The van der Waals surface area contributed by atoms with Crippen molar-refractivity contribution in [2.24, 2.45) is 5.92 Å². The molecule has 0 aliphatic carbocycles. The second-order valence-electron chi connectivity index (χ2n) is 8.44. The number of carbonyl (C=O) groups is 1. The zero-order valence-electron chi connectivity index (χ0n) is 19.2. The summed E-state index contributed by atoms with van der Waals surface area (Å²) in [6, 6.07) is 17.5. The Kier molecular flexibility index (Phi) is 8.16. The molecule has 1 amide bonds. The quantitative estimate of drug-likeness (QED) is 0.503. The molecule has 0 atom stereocenters. The van der Waals surface area contributed by atoms with E-state index in [9.17, 15) is 14.4 Å². The van der Waals surface area contributed by atoms with Crippen LogP contribution in [0.3, 0.4) is 0 Å². The third kappa shape index (κ3) is 6.38. The van der Waals surface area contributed by atoms with Gasteiger partial charge in [-0.3, -0.25) is 19.1 Å². The number of nitrogens with zero attached hydrogens (tertiary/aromatic N) is 2. The highest BCUT2D eigenvalue weighted by Gasteiger charge is 2.25. The number of benzene rings is 2. The molecule has 33 heavy (non-hydrogen) atoms. The molecule has 0 aliphatic rings. The molecule has 174 valence electrons. The normalized spacial score (nSPS) is 11.0. The van der Waals surface area contributed by atoms with Crippen molar-refractivity contribution >= 4 is 29.2 Å². The number of H-pyrrole nitrogens is 1. The Labute approximate surface area is 197 Å². The second kappa shape index (κ2) is 11.0. The summed E-state index contributed by atoms with van der Waals surface area (Å²) in [5, 5.41) is 0. The van der Waals surface area contributed by atoms with E-state index >= 15 is 0 Å². The highest BCUT2D eigenvalue weighted by Crippen LogP contribution is 2.21. The van der Waals surface area contributed by atoms with Gasteiger partial charge in [-0.15, -0.1) is 11.8 Å². The molecule has 3 rings (SSSR count). The molecule has 1 aromatic heterocycles. The van der Waals surface area contributed by atoms with Crippen molar-refractivity contribution in [2.75, 3.05) is 22.9 Å². The van der Waals surface area contributed by atoms with Crippen LogP contribution in [-0.4, -0.2) is 27.8 Å². The van der Waals surface area contributed by atoms with Crippen molar-refractivity contribution in [1.82, 2.24) is 9.55 Å². The van der Waals surface area contributed by atoms with Crippen LogP contribution >= 0.6 is 11.8 Å². The Morgan fingerprint density at radius 2 is 1.73 bits per heavy atom. The Morgan fingerprint density at radius 3 is 2.36 bits per heavy atom. The highest BCUT2D eigenvalue weighted by molar-refractivity contribution is 7.99. The van der Waals surface area contributed by atoms with Crippen LogP contribution in [0.2, 0.25) is 0 Å². The number of rotatable bonds is 9. The van der Waals surface area contributed by atoms with Gasteiger partial charge in [-0.05, 0) is 24.0 Å². The van der Waals surface area contributed by atoms with Crippen molar-refractivity contribution in [3.63, 3.8) is 0 Å². The van der Waals surface area contributed by atoms with Crippen molar-refractivity contribution in [3.8, 4) is 0 Å². The summed E-state index contributed by atoms with van der Waals surface area (Å²) in [7, 11) is 0. The summed E-state index contributed by atoms with van der Waals surface area (Å²) < 4.78 is 1.30. The number of aryl methyl sites for hydroxylation is 1. The molecule has 8 heteroatoms. The average molecular weight is 467 g/mol. The predicted octanol–water partition coefficient (Wildman–Crippen LogP) is 3.40. The van der Waals surface area contributed by atoms with E-state index in [-0.39, 0.29) is 35.6 Å². The van der Waals surface area contributed by atoms with Gasteiger partial charge in [-0.1, -0.05) is 74.0 Å². The van der Waals surface area contributed by atoms with E-state index in [0.717, 1.165) is 11.1 Å². The van der Waals surface area contributed by atoms with Gasteiger partial charge in [0.1, 0.15) is 5.82 Å². The van der Waals surface area contributed by atoms with E-state index in [1.54, 1.807) is 0 Å². The molecule has 0 bridgehead atoms. The number of nitrogen functional groups attached to an aromatic ring is 1. The molecule has 0 saturated carbocycles. The summed E-state index contributed by atoms with van der Waals surface area (Å²) in [5.41, 5.74) is 8.27. The predicted molar refractivity (Wildman–Crippen MR) is 136 cm³/mol. The van der Waals surface area contributed by atoms with E-state index in [0.29, 0.717) is 12.3 Å². The monoisotopic (exact) mass is 466 g/mol. The number of thioether (sulfide) groups is 1. The van der Waals surface area contributed by atoms with Crippen LogP contribution in [0.25, 0.3) is 0 Å². The first-order chi connectivity index (χ1) is 15.8. The van der Waals surface area contributed by atoms with E-state index < -0.39 is 11.2 Å². The summed E-state index contributed by atoms with van der Waals surface area (Å²) in [6.07, 6.45) is 0. The van der Waals surface area contributed by atoms with Gasteiger partial charge in [-0.2, -0.15) is 0 Å². The fourth-order valence-corrected chi connectivity index (χ4v) is 4.32. The molecule has 1 heterocycles. The second-order valence-corrected chi connectivity index (χ2v) is 9.43. The van der Waals surface area contributed by atoms with Crippen LogP contribution in [-0.2, 0) is 17.1 Å². The minimum Gasteiger partial charge on any atom is -0.383 e. The zero-order valence-corrected chi connectivity index (χ0v) is 20.0. The molecule has 7 nitrogen and oxygen atoms in total. The fourth-order valence-electron chi connectivity index (χ4n) is 3.46. The average Bonchev–Trinajstić information content (AvgIpc) is 2.77. The van der Waals surface area contributed by atoms with Gasteiger partial charge in [0.15, 0.2) is 5.69 Å². The molecule has 0 unspecified atom stereocenters. The molecule has 3 aromatic rings. The van der Waals surface area contributed by atoms with Gasteiger partial charge in [0.2, 0.25) is 5.91 Å². The number of nitrogens with one attached hydrogen (secondary N) is 1. The van der Waals surface area contributed by atoms with Crippen LogP contribution in [0.1, 0.15) is 30.5 Å². The van der Waals surface area contributed by atoms with E-state index in [2.05, 4.69) is 4.98 Å². The lowest BCUT2D eigenvalue weighted by Crippen LogP contribution is -2.43. The lowest BCUT2D eigenvalue weighted by Gasteiger charge is -2.26. The third-order valence-electron chi connectivity index (χ3n) is 5.13. The van der Waals surface area contributed by atoms with Crippen molar-refractivity contribution in [1.29, 1.82) is 0 Å². The van der Waals surface area contributed by atoms with Crippen molar-refractivity contribution in [3.05, 3.63) is 92.1 Å². The van der Waals surface area contributed by atoms with Crippen LogP contribution in [0.15, 0.2) is 64.2 Å². The van der Waals surface area contributed by atoms with Crippen LogP contribution < -0.4 is 21.9 Å². The molecule has 2 aromatic carbocycles. The van der Waals surface area contributed by atoms with Crippen LogP contribution in [0, 0.1) is 12.8 Å². The first-order valence-corrected chi connectivity index (χ1v) is 12.0. The number of nitrogens with two attached hydrogens (primary N) is 1. The summed E-state index contributed by atoms with van der Waals surface area (Å²) in [6.45, 7) is 6.47. The van der Waals surface area contributed by atoms with Crippen molar-refractivity contribution < 1.29 is 4.79 Å². The first kappa shape index (κ1) is 24.4. The zero-order chi connectivity index (χ0) is 24.0. The van der Waals surface area contributed by atoms with Crippen molar-refractivity contribution in [2.45, 2.75) is 33.1 Å². The fraction of sp³-hybridized carbons (Fsp3) is 0.320. The van der Waals surface area contributed by atoms with Gasteiger partial charge in [0.25, 0.3) is 5.56 Å². The lowest BCUT2D eigenvalue weighted by atomic mass is 10.2. The maximum Gasteiger partial charge on any atom is 0.330 e. The summed E-state index contributed by atoms with van der Waals surface area (Å²) >= 11 is 1.48. The minimum absolute atomic E-state index is 0.00913. The summed E-state index contributed by atoms with van der Waals surface area (Å²) in [5.74, 6) is 0.746. The number of carbonyl (C=O) groups excluding carboxylic acids is 1. The van der Waals surface area contributed by atoms with Gasteiger partial charge in [0, 0.05) is 12.3 Å². The third-order valence-corrected chi connectivity index (χ3v) is 6.12. The standard InChI is InChI=1S/C25H30N4O3S/c1-17(2)13-28(21(30)16-33-15-20-11-9-18(3)10-12-20)22-23(26)29(25(32)27-24(22)31)14-19-7-5-4-6-8-19/h4-12,17H,13-16,26H2,1-3H3,(H,27,31,32). The van der Waals surface area contributed by atoms with Gasteiger partial charge in [0.05, 0.1) is 12.3 Å². The maximum atomic E-state index is 13.2. The molecule has 0 fully saturated rings. The van der Waals surface area contributed by atoms with Crippen LogP contribution in [0.4, 0.5) is 11.5 Å². The van der Waals surface area contributed by atoms with Gasteiger partial charge >= 0.3 is 5.69 Å². The Balaban J connectivity index is 1.87. The number of aromatic nitrogens is 2. The first-order valence-electron chi connectivity index (χ1n) is 10.9. The largest absolute Gasteiger partial charge is 0.383 e. The minimum atomic E-state index is -0.653. The topological polar surface area (TPSA) is 101 Å². The maximum absolute atomic E-state index is 13.2. The molecule has 0 aliphatic heterocycles. The highest BCUT2D eigenvalue weighted by atomic mass is 32.2. The lowest BCUT2D eigenvalue weighted by molar-refractivity contribution is -0.116. The number of hydrogen-bond acceptors (Lipinski definition) is 5. The van der Waals surface area contributed by atoms with E-state index in [1.807, 2.05) is 75.4 Å². The van der Waals surface area contributed by atoms with Crippen LogP contribution in [0.5, 0.6) is 0 Å². The van der Waals surface area contributed by atoms with Gasteiger partial charge < -0.3 is 10.6 Å². The van der Waals surface area contributed by atoms with E-state index in [1.165, 1.54) is 26.8 Å². The molecular weight excluding hydrogens is 436 g/mol. The SMILES string of the molecule is Cc1ccc(CSCC(=O)N(CC(C)C)c2c(N)n(Cc3ccccc3)c(=O)[nH]c2=O)cc1. The Morgan fingerprint density at radius 1 is 1.06 bits per heavy atom. The smallest absolute Gasteiger partial charge is 0.330 e. The number of anilines is 2. The molecule has 0 radical (unpaired) electrons. The van der Waals surface area contributed by atoms with Gasteiger partial charge in [-0.25, -0.2) is 4.79 Å². The molecular formula is C25H30N4O3S. The number of aromatic amines is 1. The molecule has 0 saturated heterocycles. The Hall–Kier alpha value is -3.26. The van der Waals surface area contributed by atoms with E-state index in [4.69, 9.17) is 5.73 Å². The number of hydrogen-bond donors (Lipinski definition) is 2. The Bertz CT molecular complexity index is 1200. The molecule has 3 N–H and O–H groups in total. The molecule has 0 spiro atoms.